The Labute approximate surface area is 88.6 Å². The summed E-state index contributed by atoms with van der Waals surface area (Å²) in [6, 6.07) is -0.0897. The first-order valence-electron chi connectivity index (χ1n) is 3.55. The van der Waals surface area contributed by atoms with Crippen molar-refractivity contribution < 1.29 is 33.3 Å². The highest BCUT2D eigenvalue weighted by molar-refractivity contribution is 5.75. The maximum atomic E-state index is 11.1. The summed E-state index contributed by atoms with van der Waals surface area (Å²) in [4.78, 5) is 11.1. The number of carbonyl (C=O) groups is 1. The van der Waals surface area contributed by atoms with Crippen LogP contribution in [0, 0.1) is 0 Å². The van der Waals surface area contributed by atoms with Crippen molar-refractivity contribution in [3.63, 3.8) is 0 Å². The highest BCUT2D eigenvalue weighted by Gasteiger charge is 2.08. The summed E-state index contributed by atoms with van der Waals surface area (Å²) in [7, 11) is 1.87. The average Bonchev–Trinajstić information content (AvgIpc) is 2.36. The molecule has 1 heterocycles. The molecule has 1 aromatic rings. The molecule has 0 aliphatic heterocycles. The molecule has 1 N–H and O–H groups in total. The summed E-state index contributed by atoms with van der Waals surface area (Å²) in [5, 5.41) is 2.69. The van der Waals surface area contributed by atoms with Crippen LogP contribution in [0.1, 0.15) is 6.92 Å². The molecule has 0 saturated carbocycles. The lowest BCUT2D eigenvalue weighted by atomic mass is 10.7. The van der Waals surface area contributed by atoms with Crippen molar-refractivity contribution in [1.82, 2.24) is 9.88 Å². The van der Waals surface area contributed by atoms with Crippen LogP contribution in [0.3, 0.4) is 0 Å². The van der Waals surface area contributed by atoms with Gasteiger partial charge in [0.15, 0.2) is 0 Å². The average molecular weight is 281 g/mol. The maximum absolute atomic E-state index is 11.1. The molecule has 0 radical (unpaired) electrons. The quantitative estimate of drug-likeness (QED) is 0.430. The second kappa shape index (κ2) is 5.13. The number of carbonyl (C=O) groups excluding carboxylic acids is 1. The zero-order valence-corrected chi connectivity index (χ0v) is 9.28. The molecule has 0 atom stereocenters. The molecule has 1 aromatic heterocycles. The standard InChI is InChI=1S/C7H11N3O.HI/c1-3-8-7(11)10-5-4-9(2)6-10;/h4-6H,3H2,1-2H3;1H. The molecule has 0 fully saturated rings. The minimum Gasteiger partial charge on any atom is -1.00 e. The number of rotatable bonds is 1. The van der Waals surface area contributed by atoms with Gasteiger partial charge in [0, 0.05) is 6.54 Å². The Hall–Kier alpha value is -0.590. The Morgan fingerprint density at radius 2 is 2.33 bits per heavy atom. The van der Waals surface area contributed by atoms with Crippen LogP contribution in [0.15, 0.2) is 18.7 Å². The summed E-state index contributed by atoms with van der Waals surface area (Å²) in [5.41, 5.74) is 0. The van der Waals surface area contributed by atoms with Crippen molar-refractivity contribution in [3.05, 3.63) is 18.7 Å². The Kier molecular flexibility index (Phi) is 4.87. The van der Waals surface area contributed by atoms with Crippen LogP contribution in [-0.4, -0.2) is 17.1 Å². The molecule has 0 aliphatic rings. The van der Waals surface area contributed by atoms with Gasteiger partial charge in [-0.15, -0.1) is 0 Å². The number of nitrogens with one attached hydrogen (secondary N) is 1. The topological polar surface area (TPSA) is 37.9 Å². The van der Waals surface area contributed by atoms with Crippen LogP contribution in [0.4, 0.5) is 4.79 Å². The van der Waals surface area contributed by atoms with Crippen molar-refractivity contribution in [1.29, 1.82) is 0 Å². The second-order valence-electron chi connectivity index (χ2n) is 2.32. The van der Waals surface area contributed by atoms with Crippen LogP contribution in [-0.2, 0) is 7.05 Å². The summed E-state index contributed by atoms with van der Waals surface area (Å²) < 4.78 is 3.32. The first-order chi connectivity index (χ1) is 5.24. The number of hydrogen-bond donors (Lipinski definition) is 1. The number of aryl methyl sites for hydroxylation is 1. The van der Waals surface area contributed by atoms with Gasteiger partial charge in [0.25, 0.3) is 6.33 Å². The highest BCUT2D eigenvalue weighted by Crippen LogP contribution is 1.81. The Bertz CT molecular complexity index is 259. The third-order valence-electron chi connectivity index (χ3n) is 1.33. The summed E-state index contributed by atoms with van der Waals surface area (Å²) in [5.74, 6) is 0. The third kappa shape index (κ3) is 2.80. The van der Waals surface area contributed by atoms with Crippen molar-refractivity contribution >= 4 is 6.03 Å². The van der Waals surface area contributed by atoms with Gasteiger partial charge in [-0.3, -0.25) is 0 Å². The van der Waals surface area contributed by atoms with E-state index in [1.807, 2.05) is 24.7 Å². The molecule has 0 aliphatic carbocycles. The van der Waals surface area contributed by atoms with E-state index in [1.165, 1.54) is 4.57 Å². The zero-order valence-electron chi connectivity index (χ0n) is 7.12. The molecular formula is C7H12IN3O. The fourth-order valence-electron chi connectivity index (χ4n) is 0.813. The lowest BCUT2D eigenvalue weighted by Crippen LogP contribution is -3.00. The third-order valence-corrected chi connectivity index (χ3v) is 1.33. The van der Waals surface area contributed by atoms with Gasteiger partial charge in [0.2, 0.25) is 0 Å². The molecule has 12 heavy (non-hydrogen) atoms. The van der Waals surface area contributed by atoms with E-state index in [9.17, 15) is 4.79 Å². The van der Waals surface area contributed by atoms with E-state index in [0.717, 1.165) is 0 Å². The van der Waals surface area contributed by atoms with Crippen LogP contribution in [0.25, 0.3) is 0 Å². The summed E-state index contributed by atoms with van der Waals surface area (Å²) in [6.45, 7) is 2.54. The van der Waals surface area contributed by atoms with E-state index < -0.39 is 0 Å². The number of aromatic nitrogens is 2. The van der Waals surface area contributed by atoms with Crippen LogP contribution in [0.5, 0.6) is 0 Å². The van der Waals surface area contributed by atoms with Gasteiger partial charge in [0.1, 0.15) is 12.4 Å². The van der Waals surface area contributed by atoms with Crippen molar-refractivity contribution in [3.8, 4) is 0 Å². The van der Waals surface area contributed by atoms with Gasteiger partial charge in [-0.05, 0) is 6.92 Å². The van der Waals surface area contributed by atoms with E-state index in [0.29, 0.717) is 6.54 Å². The van der Waals surface area contributed by atoms with Crippen LogP contribution < -0.4 is 33.9 Å². The molecule has 0 saturated heterocycles. The number of hydrogen-bond acceptors (Lipinski definition) is 1. The fraction of sp³-hybridized carbons (Fsp3) is 0.429. The number of nitrogens with zero attached hydrogens (tertiary/aromatic N) is 2. The SMILES string of the molecule is CCNC(=O)n1cc[n+](C)c1.[I-]. The van der Waals surface area contributed by atoms with E-state index in [4.69, 9.17) is 0 Å². The van der Waals surface area contributed by atoms with Crippen molar-refractivity contribution in [2.45, 2.75) is 6.92 Å². The van der Waals surface area contributed by atoms with E-state index in [2.05, 4.69) is 5.32 Å². The molecular weight excluding hydrogens is 269 g/mol. The highest BCUT2D eigenvalue weighted by atomic mass is 127. The minimum atomic E-state index is -0.0897. The Morgan fingerprint density at radius 3 is 2.75 bits per heavy atom. The van der Waals surface area contributed by atoms with E-state index >= 15 is 0 Å². The first kappa shape index (κ1) is 11.4. The first-order valence-corrected chi connectivity index (χ1v) is 3.55. The van der Waals surface area contributed by atoms with Crippen LogP contribution >= 0.6 is 0 Å². The van der Waals surface area contributed by atoms with Crippen molar-refractivity contribution in [2.24, 2.45) is 7.05 Å². The van der Waals surface area contributed by atoms with Gasteiger partial charge in [-0.2, -0.15) is 4.57 Å². The summed E-state index contributed by atoms with van der Waals surface area (Å²) in [6.07, 6.45) is 5.24. The van der Waals surface area contributed by atoms with Gasteiger partial charge in [0.05, 0.1) is 7.05 Å². The fourth-order valence-corrected chi connectivity index (χ4v) is 0.813. The van der Waals surface area contributed by atoms with Crippen molar-refractivity contribution in [2.75, 3.05) is 6.54 Å². The Morgan fingerprint density at radius 1 is 1.67 bits per heavy atom. The smallest absolute Gasteiger partial charge is 0.413 e. The number of imidazole rings is 1. The van der Waals surface area contributed by atoms with Gasteiger partial charge < -0.3 is 29.3 Å². The lowest BCUT2D eigenvalue weighted by molar-refractivity contribution is -0.670. The minimum absolute atomic E-state index is 0. The van der Waals surface area contributed by atoms with E-state index in [1.54, 1.807) is 12.5 Å². The Balaban J connectivity index is 0.00000121. The normalized spacial score (nSPS) is 8.83. The molecule has 5 heteroatoms. The molecule has 4 nitrogen and oxygen atoms in total. The lowest BCUT2D eigenvalue weighted by Gasteiger charge is -1.93. The number of halogens is 1. The van der Waals surface area contributed by atoms with E-state index in [-0.39, 0.29) is 30.0 Å². The van der Waals surface area contributed by atoms with Gasteiger partial charge >= 0.3 is 6.03 Å². The largest absolute Gasteiger partial charge is 1.00 e. The molecule has 0 unspecified atom stereocenters. The van der Waals surface area contributed by atoms with Gasteiger partial charge in [-0.25, -0.2) is 9.36 Å². The molecule has 0 aromatic carbocycles. The summed E-state index contributed by atoms with van der Waals surface area (Å²) >= 11 is 0. The maximum Gasteiger partial charge on any atom is 0.413 e. The molecule has 1 rings (SSSR count). The zero-order chi connectivity index (χ0) is 8.27. The molecule has 1 amide bonds. The predicted molar refractivity (Wildman–Crippen MR) is 40.1 cm³/mol. The van der Waals surface area contributed by atoms with Crippen LogP contribution in [0.2, 0.25) is 0 Å². The predicted octanol–water partition coefficient (Wildman–Crippen LogP) is -3.11. The molecule has 68 valence electrons. The monoisotopic (exact) mass is 281 g/mol. The second-order valence-corrected chi connectivity index (χ2v) is 2.32. The molecule has 0 bridgehead atoms. The number of amides is 1. The molecule has 0 spiro atoms. The van der Waals surface area contributed by atoms with Gasteiger partial charge in [-0.1, -0.05) is 0 Å².